The minimum absolute atomic E-state index is 0.0631. The minimum atomic E-state index is -0.426. The number of methoxy groups -OCH3 is 1. The van der Waals surface area contributed by atoms with Crippen LogP contribution in [0.25, 0.3) is 10.9 Å². The molecule has 1 saturated heterocycles. The van der Waals surface area contributed by atoms with Crippen molar-refractivity contribution in [1.29, 1.82) is 0 Å². The van der Waals surface area contributed by atoms with Gasteiger partial charge in [-0.1, -0.05) is 42.1 Å². The van der Waals surface area contributed by atoms with Gasteiger partial charge in [0, 0.05) is 11.6 Å². The van der Waals surface area contributed by atoms with Crippen molar-refractivity contribution in [1.82, 2.24) is 15.3 Å². The summed E-state index contributed by atoms with van der Waals surface area (Å²) in [6.45, 7) is 0.145. The van der Waals surface area contributed by atoms with Crippen molar-refractivity contribution >= 4 is 39.6 Å². The number of amidine groups is 1. The molecule has 8 nitrogen and oxygen atoms in total. The van der Waals surface area contributed by atoms with E-state index >= 15 is 0 Å². The summed E-state index contributed by atoms with van der Waals surface area (Å²) < 4.78 is 10.8. The Labute approximate surface area is 183 Å². The molecule has 3 aromatic rings. The van der Waals surface area contributed by atoms with Crippen molar-refractivity contribution in [2.45, 2.75) is 6.54 Å². The molecular formula is C22H20N4O4S. The Morgan fingerprint density at radius 2 is 2.00 bits per heavy atom. The molecule has 0 atom stereocenters. The van der Waals surface area contributed by atoms with Crippen LogP contribution in [0.4, 0.5) is 0 Å². The Hall–Kier alpha value is -3.59. The molecule has 2 aromatic carbocycles. The van der Waals surface area contributed by atoms with Gasteiger partial charge in [-0.25, -0.2) is 5.43 Å². The molecule has 1 aliphatic heterocycles. The summed E-state index contributed by atoms with van der Waals surface area (Å²) in [5, 5.41) is 5.50. The van der Waals surface area contributed by atoms with E-state index in [1.165, 1.54) is 11.8 Å². The van der Waals surface area contributed by atoms with Crippen LogP contribution in [0.5, 0.6) is 11.5 Å². The topological polar surface area (TPSA) is 93.1 Å². The molecule has 1 aromatic heterocycles. The third kappa shape index (κ3) is 4.95. The van der Waals surface area contributed by atoms with E-state index in [0.717, 1.165) is 16.7 Å². The molecule has 1 N–H and O–H groups in total. The smallest absolute Gasteiger partial charge is 0.278 e. The Morgan fingerprint density at radius 3 is 2.81 bits per heavy atom. The van der Waals surface area contributed by atoms with Gasteiger partial charge in [-0.2, -0.15) is 0 Å². The van der Waals surface area contributed by atoms with E-state index in [2.05, 4.69) is 15.5 Å². The maximum absolute atomic E-state index is 12.2. The molecule has 0 spiro atoms. The number of nitrogens with one attached hydrogen (secondary N) is 1. The highest BCUT2D eigenvalue weighted by atomic mass is 32.2. The van der Waals surface area contributed by atoms with Crippen LogP contribution in [-0.2, 0) is 16.1 Å². The average molecular weight is 436 g/mol. The van der Waals surface area contributed by atoms with E-state index in [4.69, 9.17) is 9.47 Å². The third-order valence-electron chi connectivity index (χ3n) is 4.59. The van der Waals surface area contributed by atoms with Crippen LogP contribution in [0.15, 0.2) is 65.9 Å². The van der Waals surface area contributed by atoms with Gasteiger partial charge in [0.1, 0.15) is 17.0 Å². The molecular weight excluding hydrogens is 416 g/mol. The highest BCUT2D eigenvalue weighted by Gasteiger charge is 2.28. The molecule has 1 aliphatic rings. The first-order valence-electron chi connectivity index (χ1n) is 9.53. The molecule has 9 heteroatoms. The maximum atomic E-state index is 12.2. The van der Waals surface area contributed by atoms with Crippen LogP contribution >= 0.6 is 11.8 Å². The first kappa shape index (κ1) is 20.7. The lowest BCUT2D eigenvalue weighted by Crippen LogP contribution is -2.32. The van der Waals surface area contributed by atoms with Crippen molar-refractivity contribution in [3.05, 3.63) is 66.4 Å². The number of hydrazone groups is 1. The van der Waals surface area contributed by atoms with Gasteiger partial charge in [-0.3, -0.25) is 19.5 Å². The number of pyridine rings is 1. The summed E-state index contributed by atoms with van der Waals surface area (Å²) >= 11 is 1.28. The zero-order valence-electron chi connectivity index (χ0n) is 16.8. The number of ether oxygens (including phenoxy) is 2. The summed E-state index contributed by atoms with van der Waals surface area (Å²) in [6.07, 6.45) is 1.67. The molecule has 158 valence electrons. The molecule has 0 saturated carbocycles. The van der Waals surface area contributed by atoms with Gasteiger partial charge >= 0.3 is 0 Å². The van der Waals surface area contributed by atoms with E-state index in [1.807, 2.05) is 48.5 Å². The number of carbonyl (C=O) groups is 2. The summed E-state index contributed by atoms with van der Waals surface area (Å²) in [5.41, 5.74) is 4.09. The SMILES string of the molecule is COc1ccc(CN2C(=O)CS/C2=N/NC(=O)COc2cccc3cccnc23)cc1. The zero-order chi connectivity index (χ0) is 21.6. The fourth-order valence-corrected chi connectivity index (χ4v) is 3.87. The molecule has 0 aliphatic carbocycles. The Balaban J connectivity index is 1.37. The van der Waals surface area contributed by atoms with Gasteiger partial charge in [0.25, 0.3) is 5.91 Å². The molecule has 1 fully saturated rings. The average Bonchev–Trinajstić information content (AvgIpc) is 3.15. The zero-order valence-corrected chi connectivity index (χ0v) is 17.6. The molecule has 0 unspecified atom stereocenters. The highest BCUT2D eigenvalue weighted by molar-refractivity contribution is 8.15. The lowest BCUT2D eigenvalue weighted by atomic mass is 10.2. The summed E-state index contributed by atoms with van der Waals surface area (Å²) in [5.74, 6) is 1.06. The largest absolute Gasteiger partial charge is 0.497 e. The van der Waals surface area contributed by atoms with Crippen LogP contribution in [0.2, 0.25) is 0 Å². The lowest BCUT2D eigenvalue weighted by molar-refractivity contribution is -0.125. The first-order valence-corrected chi connectivity index (χ1v) is 10.5. The summed E-state index contributed by atoms with van der Waals surface area (Å²) in [4.78, 5) is 30.3. The van der Waals surface area contributed by atoms with Gasteiger partial charge in [-0.05, 0) is 29.8 Å². The fraction of sp³-hybridized carbons (Fsp3) is 0.182. The Kier molecular flexibility index (Phi) is 6.32. The fourth-order valence-electron chi connectivity index (χ4n) is 3.03. The van der Waals surface area contributed by atoms with Gasteiger partial charge in [0.2, 0.25) is 5.91 Å². The molecule has 2 amide bonds. The van der Waals surface area contributed by atoms with Crippen LogP contribution in [0, 0.1) is 0 Å². The standard InChI is InChI=1S/C22H20N4O4S/c1-29-17-9-7-15(8-10-17)12-26-20(28)14-31-22(26)25-24-19(27)13-30-18-6-2-4-16-5-3-11-23-21(16)18/h2-11H,12-14H2,1H3,(H,24,27)/b25-22+. The minimum Gasteiger partial charge on any atom is -0.497 e. The second-order valence-corrected chi connectivity index (χ2v) is 7.61. The van der Waals surface area contributed by atoms with Crippen LogP contribution in [-0.4, -0.2) is 46.3 Å². The Bertz CT molecular complexity index is 1130. The molecule has 0 bridgehead atoms. The molecule has 31 heavy (non-hydrogen) atoms. The van der Waals surface area contributed by atoms with Crippen LogP contribution < -0.4 is 14.9 Å². The lowest BCUT2D eigenvalue weighted by Gasteiger charge is -2.16. The number of amides is 2. The van der Waals surface area contributed by atoms with E-state index in [1.54, 1.807) is 24.3 Å². The maximum Gasteiger partial charge on any atom is 0.278 e. The number of thioether (sulfide) groups is 1. The van der Waals surface area contributed by atoms with Gasteiger partial charge < -0.3 is 9.47 Å². The highest BCUT2D eigenvalue weighted by Crippen LogP contribution is 2.24. The number of carbonyl (C=O) groups excluding carboxylic acids is 2. The van der Waals surface area contributed by atoms with E-state index in [9.17, 15) is 9.59 Å². The first-order chi connectivity index (χ1) is 15.1. The quantitative estimate of drug-likeness (QED) is 0.573. The number of hydrogen-bond donors (Lipinski definition) is 1. The normalized spacial score (nSPS) is 14.8. The number of rotatable bonds is 7. The number of nitrogens with zero attached hydrogens (tertiary/aromatic N) is 3. The van der Waals surface area contributed by atoms with E-state index < -0.39 is 5.91 Å². The molecule has 0 radical (unpaired) electrons. The second-order valence-electron chi connectivity index (χ2n) is 6.67. The monoisotopic (exact) mass is 436 g/mol. The Morgan fingerprint density at radius 1 is 1.19 bits per heavy atom. The predicted octanol–water partition coefficient (Wildman–Crippen LogP) is 2.79. The molecule has 2 heterocycles. The number of hydrogen-bond acceptors (Lipinski definition) is 7. The van der Waals surface area contributed by atoms with Crippen molar-refractivity contribution in [3.8, 4) is 11.5 Å². The number of para-hydroxylation sites is 1. The van der Waals surface area contributed by atoms with Gasteiger partial charge in [0.05, 0.1) is 19.4 Å². The van der Waals surface area contributed by atoms with Crippen molar-refractivity contribution in [2.75, 3.05) is 19.5 Å². The number of fused-ring (bicyclic) bond motifs is 1. The van der Waals surface area contributed by atoms with E-state index in [0.29, 0.717) is 23.0 Å². The summed E-state index contributed by atoms with van der Waals surface area (Å²) in [7, 11) is 1.60. The van der Waals surface area contributed by atoms with Crippen molar-refractivity contribution in [2.24, 2.45) is 5.10 Å². The van der Waals surface area contributed by atoms with Crippen molar-refractivity contribution in [3.63, 3.8) is 0 Å². The summed E-state index contributed by atoms with van der Waals surface area (Å²) in [6, 6.07) is 16.7. The van der Waals surface area contributed by atoms with Gasteiger partial charge in [-0.15, -0.1) is 5.10 Å². The molecule has 4 rings (SSSR count). The van der Waals surface area contributed by atoms with E-state index in [-0.39, 0.29) is 18.3 Å². The van der Waals surface area contributed by atoms with Crippen molar-refractivity contribution < 1.29 is 19.1 Å². The van der Waals surface area contributed by atoms with Crippen LogP contribution in [0.1, 0.15) is 5.56 Å². The number of aromatic nitrogens is 1. The van der Waals surface area contributed by atoms with Gasteiger partial charge in [0.15, 0.2) is 11.8 Å². The van der Waals surface area contributed by atoms with Crippen LogP contribution in [0.3, 0.4) is 0 Å². The predicted molar refractivity (Wildman–Crippen MR) is 119 cm³/mol. The third-order valence-corrected chi connectivity index (χ3v) is 5.55. The second kappa shape index (κ2) is 9.48. The number of benzene rings is 2.